The van der Waals surface area contributed by atoms with Crippen LogP contribution in [0.5, 0.6) is 11.5 Å². The highest BCUT2D eigenvalue weighted by Crippen LogP contribution is 2.31. The molecule has 1 aliphatic carbocycles. The molecule has 3 aromatic rings. The van der Waals surface area contributed by atoms with E-state index in [2.05, 4.69) is 6.58 Å². The van der Waals surface area contributed by atoms with Gasteiger partial charge in [-0.3, -0.25) is 9.59 Å². The van der Waals surface area contributed by atoms with Gasteiger partial charge in [-0.05, 0) is 55.8 Å². The summed E-state index contributed by atoms with van der Waals surface area (Å²) in [6.07, 6.45) is 7.58. The van der Waals surface area contributed by atoms with E-state index in [4.69, 9.17) is 9.15 Å². The maximum Gasteiger partial charge on any atom is 0.336 e. The first-order chi connectivity index (χ1) is 16.8. The number of hydrogen-bond donors (Lipinski definition) is 1. The van der Waals surface area contributed by atoms with E-state index < -0.39 is 5.63 Å². The van der Waals surface area contributed by atoms with Crippen molar-refractivity contribution in [2.75, 3.05) is 6.61 Å². The number of ketones is 2. The molecule has 0 fully saturated rings. The predicted octanol–water partition coefficient (Wildman–Crippen LogP) is 5.43. The van der Waals surface area contributed by atoms with Gasteiger partial charge in [0.2, 0.25) is 0 Å². The Balaban J connectivity index is 0.000000196. The number of rotatable bonds is 6. The zero-order valence-electron chi connectivity index (χ0n) is 19.6. The molecular weight excluding hydrogens is 444 g/mol. The molecule has 1 heterocycles. The second kappa shape index (κ2) is 11.6. The van der Waals surface area contributed by atoms with Crippen LogP contribution in [0.25, 0.3) is 11.0 Å². The third kappa shape index (κ3) is 6.77. The second-order valence-corrected chi connectivity index (χ2v) is 8.03. The lowest BCUT2D eigenvalue weighted by atomic mass is 9.86. The van der Waals surface area contributed by atoms with Gasteiger partial charge in [-0.1, -0.05) is 42.0 Å². The smallest absolute Gasteiger partial charge is 0.336 e. The van der Waals surface area contributed by atoms with E-state index in [1.54, 1.807) is 12.1 Å². The molecule has 2 aromatic carbocycles. The fourth-order valence-electron chi connectivity index (χ4n) is 3.37. The first-order valence-corrected chi connectivity index (χ1v) is 11.0. The molecule has 1 aromatic heterocycles. The van der Waals surface area contributed by atoms with Gasteiger partial charge in [0.05, 0.1) is 0 Å². The number of phenolic OH excluding ortho intramolecular Hbond substituents is 1. The molecular formula is C29H26O6. The molecule has 1 aliphatic rings. The molecule has 1 atom stereocenters. The van der Waals surface area contributed by atoms with Crippen molar-refractivity contribution < 1.29 is 23.8 Å². The van der Waals surface area contributed by atoms with Crippen LogP contribution in [0.15, 0.2) is 112 Å². The average molecular weight is 471 g/mol. The van der Waals surface area contributed by atoms with E-state index in [1.165, 1.54) is 36.4 Å². The largest absolute Gasteiger partial charge is 0.504 e. The number of allylic oxidation sites excluding steroid dienone is 6. The summed E-state index contributed by atoms with van der Waals surface area (Å²) >= 11 is 0. The molecule has 0 aliphatic heterocycles. The van der Waals surface area contributed by atoms with Crippen molar-refractivity contribution in [3.05, 3.63) is 119 Å². The summed E-state index contributed by atoms with van der Waals surface area (Å²) in [5.74, 6) is -0.175. The van der Waals surface area contributed by atoms with Crippen molar-refractivity contribution in [3.63, 3.8) is 0 Å². The van der Waals surface area contributed by atoms with Gasteiger partial charge in [-0.25, -0.2) is 4.79 Å². The predicted molar refractivity (Wildman–Crippen MR) is 136 cm³/mol. The molecule has 0 amide bonds. The van der Waals surface area contributed by atoms with Crippen molar-refractivity contribution in [1.29, 1.82) is 0 Å². The van der Waals surface area contributed by atoms with Crippen molar-refractivity contribution in [2.24, 2.45) is 0 Å². The van der Waals surface area contributed by atoms with Gasteiger partial charge < -0.3 is 14.3 Å². The molecule has 0 saturated heterocycles. The zero-order valence-corrected chi connectivity index (χ0v) is 19.6. The van der Waals surface area contributed by atoms with Crippen molar-refractivity contribution in [2.45, 2.75) is 19.8 Å². The van der Waals surface area contributed by atoms with Crippen LogP contribution >= 0.6 is 0 Å². The molecule has 0 bridgehead atoms. The Kier molecular flexibility index (Phi) is 8.35. The summed E-state index contributed by atoms with van der Waals surface area (Å²) in [6, 6.07) is 15.5. The van der Waals surface area contributed by atoms with Crippen LogP contribution in [0, 0.1) is 0 Å². The van der Waals surface area contributed by atoms with Gasteiger partial charge in [0.1, 0.15) is 12.2 Å². The van der Waals surface area contributed by atoms with Crippen molar-refractivity contribution >= 4 is 22.5 Å². The number of carbonyl (C=O) groups excluding carboxylic acids is 2. The summed E-state index contributed by atoms with van der Waals surface area (Å²) in [4.78, 5) is 34.2. The summed E-state index contributed by atoms with van der Waals surface area (Å²) in [5.41, 5.74) is 2.54. The Hall–Kier alpha value is -4.45. The molecule has 4 rings (SSSR count). The Morgan fingerprint density at radius 2 is 1.80 bits per heavy atom. The highest BCUT2D eigenvalue weighted by molar-refractivity contribution is 6.18. The van der Waals surface area contributed by atoms with Crippen LogP contribution in [0.4, 0.5) is 0 Å². The molecule has 0 radical (unpaired) electrons. The van der Waals surface area contributed by atoms with E-state index in [-0.39, 0.29) is 23.2 Å². The fraction of sp³-hybridized carbons (Fsp3) is 0.138. The summed E-state index contributed by atoms with van der Waals surface area (Å²) in [7, 11) is 0. The number of phenols is 1. The molecule has 0 spiro atoms. The Morgan fingerprint density at radius 3 is 2.49 bits per heavy atom. The van der Waals surface area contributed by atoms with Crippen LogP contribution in [0.2, 0.25) is 0 Å². The molecule has 6 heteroatoms. The lowest BCUT2D eigenvalue weighted by Gasteiger charge is -2.16. The highest BCUT2D eigenvalue weighted by atomic mass is 16.5. The normalized spacial score (nSPS) is 13.4. The lowest BCUT2D eigenvalue weighted by molar-refractivity contribution is -0.114. The number of ether oxygens (including phenoxy) is 1. The topological polar surface area (TPSA) is 93.8 Å². The van der Waals surface area contributed by atoms with Crippen LogP contribution < -0.4 is 10.4 Å². The minimum absolute atomic E-state index is 0.0264. The minimum atomic E-state index is -0.427. The van der Waals surface area contributed by atoms with Crippen LogP contribution in [0.3, 0.4) is 0 Å². The van der Waals surface area contributed by atoms with Gasteiger partial charge in [0.15, 0.2) is 23.1 Å². The Morgan fingerprint density at radius 1 is 1.06 bits per heavy atom. The maximum atomic E-state index is 11.8. The Labute approximate surface area is 203 Å². The highest BCUT2D eigenvalue weighted by Gasteiger charge is 2.21. The van der Waals surface area contributed by atoms with Gasteiger partial charge in [-0.15, -0.1) is 6.58 Å². The molecule has 0 saturated carbocycles. The minimum Gasteiger partial charge on any atom is -0.504 e. The van der Waals surface area contributed by atoms with E-state index in [0.29, 0.717) is 28.9 Å². The monoisotopic (exact) mass is 470 g/mol. The fourth-order valence-corrected chi connectivity index (χ4v) is 3.37. The zero-order chi connectivity index (χ0) is 25.4. The number of fused-ring (bicyclic) bond motifs is 1. The quantitative estimate of drug-likeness (QED) is 0.293. The second-order valence-electron chi connectivity index (χ2n) is 8.03. The first-order valence-electron chi connectivity index (χ1n) is 11.0. The van der Waals surface area contributed by atoms with E-state index in [0.717, 1.165) is 11.1 Å². The third-order valence-corrected chi connectivity index (χ3v) is 5.14. The first kappa shape index (κ1) is 25.2. The van der Waals surface area contributed by atoms with E-state index >= 15 is 0 Å². The molecule has 178 valence electrons. The standard InChI is InChI=1S/C15H12O2.C14H14O4/c1-2-13(11-6-4-3-5-7-11)14-10-12(16)8-9-15(14)17;1-9(2)5-6-17-13-8-12-10(7-11(13)15)3-4-14(16)18-12/h2-10,13H,1H2;3-5,7-8,15H,6H2,1-2H3. The van der Waals surface area contributed by atoms with Crippen LogP contribution in [0.1, 0.15) is 25.3 Å². The number of hydrogen-bond acceptors (Lipinski definition) is 6. The van der Waals surface area contributed by atoms with E-state index in [9.17, 15) is 19.5 Å². The average Bonchev–Trinajstić information content (AvgIpc) is 2.83. The van der Waals surface area contributed by atoms with Gasteiger partial charge in [0, 0.05) is 29.0 Å². The third-order valence-electron chi connectivity index (χ3n) is 5.14. The summed E-state index contributed by atoms with van der Waals surface area (Å²) in [6.45, 7) is 8.03. The molecule has 1 unspecified atom stereocenters. The van der Waals surface area contributed by atoms with Gasteiger partial charge in [-0.2, -0.15) is 0 Å². The number of carbonyl (C=O) groups is 2. The number of aromatic hydroxyl groups is 1. The molecule has 35 heavy (non-hydrogen) atoms. The SMILES string of the molecule is C=CC(C1=CC(=O)C=CC1=O)c1ccccc1.CC(C)=CCOc1cc2oc(=O)ccc2cc1O. The van der Waals surface area contributed by atoms with Gasteiger partial charge >= 0.3 is 5.63 Å². The van der Waals surface area contributed by atoms with E-state index in [1.807, 2.05) is 50.3 Å². The van der Waals surface area contributed by atoms with Gasteiger partial charge in [0.25, 0.3) is 0 Å². The maximum absolute atomic E-state index is 11.8. The summed E-state index contributed by atoms with van der Waals surface area (Å²) < 4.78 is 10.4. The van der Waals surface area contributed by atoms with Crippen molar-refractivity contribution in [3.8, 4) is 11.5 Å². The van der Waals surface area contributed by atoms with Crippen LogP contribution in [-0.4, -0.2) is 23.3 Å². The lowest BCUT2D eigenvalue weighted by Crippen LogP contribution is -2.13. The molecule has 1 N–H and O–H groups in total. The number of benzene rings is 2. The van der Waals surface area contributed by atoms with Crippen molar-refractivity contribution in [1.82, 2.24) is 0 Å². The summed E-state index contributed by atoms with van der Waals surface area (Å²) in [5, 5.41) is 10.4. The van der Waals surface area contributed by atoms with Crippen LogP contribution in [-0.2, 0) is 9.59 Å². The molecule has 6 nitrogen and oxygen atoms in total. The Bertz CT molecular complexity index is 1390.